The maximum atomic E-state index is 14.2. The van der Waals surface area contributed by atoms with Gasteiger partial charge in [-0.1, -0.05) is 6.07 Å². The van der Waals surface area contributed by atoms with E-state index >= 15 is 0 Å². The number of rotatable bonds is 5. The molecule has 0 saturated carbocycles. The Morgan fingerprint density at radius 3 is 2.76 bits per heavy atom. The number of nitrogens with one attached hydrogen (secondary N) is 2. The predicted molar refractivity (Wildman–Crippen MR) is 113 cm³/mol. The standard InChI is InChI=1S/C23H22F5N3O3/c1-12-15(33-10-14-4-3-8-30-20(14)23(26,27)28)5-6-16-18(12)19(13(2)34-16)21(32)31-17-7-9-29-11-22(17,24)25/h3-6,8,17,29H,7,9-11H2,1-2H3,(H,31,32). The lowest BCUT2D eigenvalue weighted by Gasteiger charge is -2.32. The molecular formula is C23H22F5N3O3. The fraction of sp³-hybridized carbons (Fsp3) is 0.391. The van der Waals surface area contributed by atoms with Gasteiger partial charge in [0.2, 0.25) is 0 Å². The van der Waals surface area contributed by atoms with E-state index in [-0.39, 0.29) is 29.1 Å². The molecule has 1 amide bonds. The van der Waals surface area contributed by atoms with Crippen LogP contribution in [-0.2, 0) is 12.8 Å². The van der Waals surface area contributed by atoms with Crippen molar-refractivity contribution in [3.63, 3.8) is 0 Å². The van der Waals surface area contributed by atoms with E-state index in [2.05, 4.69) is 15.6 Å². The number of halogens is 5. The van der Waals surface area contributed by atoms with Gasteiger partial charge >= 0.3 is 6.18 Å². The number of nitrogens with zero attached hydrogens (tertiary/aromatic N) is 1. The zero-order valence-electron chi connectivity index (χ0n) is 18.4. The van der Waals surface area contributed by atoms with Crippen molar-refractivity contribution >= 4 is 16.9 Å². The molecule has 1 fully saturated rings. The summed E-state index contributed by atoms with van der Waals surface area (Å²) in [5.74, 6) is -3.36. The summed E-state index contributed by atoms with van der Waals surface area (Å²) in [5, 5.41) is 5.36. The minimum Gasteiger partial charge on any atom is -0.489 e. The van der Waals surface area contributed by atoms with Crippen LogP contribution in [0.1, 0.15) is 39.4 Å². The molecule has 0 aliphatic carbocycles. The summed E-state index contributed by atoms with van der Waals surface area (Å²) in [6, 6.07) is 4.35. The molecule has 1 atom stereocenters. The Hall–Kier alpha value is -3.21. The smallest absolute Gasteiger partial charge is 0.433 e. The summed E-state index contributed by atoms with van der Waals surface area (Å²) in [6.45, 7) is 2.57. The second-order valence-corrected chi connectivity index (χ2v) is 8.15. The first-order chi connectivity index (χ1) is 16.0. The number of pyridine rings is 1. The highest BCUT2D eigenvalue weighted by molar-refractivity contribution is 6.09. The van der Waals surface area contributed by atoms with Crippen LogP contribution in [0.3, 0.4) is 0 Å². The molecule has 182 valence electrons. The SMILES string of the molecule is Cc1oc2ccc(OCc3cccnc3C(F)(F)F)c(C)c2c1C(=O)NC1CCNCC1(F)F. The normalized spacial score (nSPS) is 18.1. The summed E-state index contributed by atoms with van der Waals surface area (Å²) in [5.41, 5.74) is -0.333. The summed E-state index contributed by atoms with van der Waals surface area (Å²) < 4.78 is 79.4. The fourth-order valence-electron chi connectivity index (χ4n) is 4.10. The molecule has 1 aliphatic rings. The lowest BCUT2D eigenvalue weighted by Crippen LogP contribution is -2.57. The number of amides is 1. The average molecular weight is 483 g/mol. The van der Waals surface area contributed by atoms with E-state index in [0.717, 1.165) is 6.20 Å². The van der Waals surface area contributed by atoms with Crippen LogP contribution in [0.2, 0.25) is 0 Å². The number of hydrogen-bond donors (Lipinski definition) is 2. The van der Waals surface area contributed by atoms with E-state index < -0.39 is 42.9 Å². The molecule has 1 aromatic carbocycles. The Labute approximate surface area is 191 Å². The number of hydrogen-bond acceptors (Lipinski definition) is 5. The van der Waals surface area contributed by atoms with Crippen molar-refractivity contribution < 1.29 is 35.9 Å². The monoisotopic (exact) mass is 483 g/mol. The summed E-state index contributed by atoms with van der Waals surface area (Å²) in [7, 11) is 0. The van der Waals surface area contributed by atoms with Crippen molar-refractivity contribution in [2.75, 3.05) is 13.1 Å². The average Bonchev–Trinajstić information content (AvgIpc) is 3.11. The Kier molecular flexibility index (Phi) is 6.24. The Bertz CT molecular complexity index is 1220. The predicted octanol–water partition coefficient (Wildman–Crippen LogP) is 4.77. The Balaban J connectivity index is 1.63. The zero-order valence-corrected chi connectivity index (χ0v) is 18.4. The minimum atomic E-state index is -4.64. The number of aryl methyl sites for hydroxylation is 2. The van der Waals surface area contributed by atoms with Crippen LogP contribution in [0, 0.1) is 13.8 Å². The van der Waals surface area contributed by atoms with Crippen LogP contribution in [0.4, 0.5) is 22.0 Å². The molecule has 0 bridgehead atoms. The highest BCUT2D eigenvalue weighted by Crippen LogP contribution is 2.36. The van der Waals surface area contributed by atoms with E-state index in [1.165, 1.54) is 24.3 Å². The molecule has 11 heteroatoms. The molecule has 6 nitrogen and oxygen atoms in total. The summed E-state index contributed by atoms with van der Waals surface area (Å²) in [4.78, 5) is 16.4. The van der Waals surface area contributed by atoms with Crippen molar-refractivity contribution in [2.45, 2.75) is 45.0 Å². The number of carbonyl (C=O) groups excluding carboxylic acids is 1. The van der Waals surface area contributed by atoms with Crippen LogP contribution in [-0.4, -0.2) is 35.9 Å². The number of carbonyl (C=O) groups is 1. The molecule has 2 aromatic heterocycles. The van der Waals surface area contributed by atoms with E-state index in [1.54, 1.807) is 13.8 Å². The number of furan rings is 1. The van der Waals surface area contributed by atoms with Crippen molar-refractivity contribution in [3.8, 4) is 5.75 Å². The molecule has 34 heavy (non-hydrogen) atoms. The summed E-state index contributed by atoms with van der Waals surface area (Å²) >= 11 is 0. The van der Waals surface area contributed by atoms with E-state index in [1.807, 2.05) is 0 Å². The largest absolute Gasteiger partial charge is 0.489 e. The van der Waals surface area contributed by atoms with E-state index in [0.29, 0.717) is 23.1 Å². The third-order valence-electron chi connectivity index (χ3n) is 5.80. The fourth-order valence-corrected chi connectivity index (χ4v) is 4.10. The lowest BCUT2D eigenvalue weighted by atomic mass is 10.00. The highest BCUT2D eigenvalue weighted by atomic mass is 19.4. The molecule has 0 spiro atoms. The topological polar surface area (TPSA) is 76.4 Å². The van der Waals surface area contributed by atoms with Gasteiger partial charge in [-0.15, -0.1) is 0 Å². The Morgan fingerprint density at radius 1 is 1.29 bits per heavy atom. The van der Waals surface area contributed by atoms with E-state index in [9.17, 15) is 26.7 Å². The Morgan fingerprint density at radius 2 is 2.06 bits per heavy atom. The van der Waals surface area contributed by atoms with Gasteiger partial charge < -0.3 is 19.8 Å². The van der Waals surface area contributed by atoms with Gasteiger partial charge in [0.05, 0.1) is 18.2 Å². The molecule has 3 heterocycles. The molecule has 2 N–H and O–H groups in total. The second kappa shape index (κ2) is 8.86. The molecule has 0 radical (unpaired) electrons. The first-order valence-corrected chi connectivity index (χ1v) is 10.5. The molecule has 1 aliphatic heterocycles. The second-order valence-electron chi connectivity index (χ2n) is 8.15. The van der Waals surface area contributed by atoms with Crippen molar-refractivity contribution in [3.05, 3.63) is 58.6 Å². The van der Waals surface area contributed by atoms with Gasteiger partial charge in [0.1, 0.15) is 23.7 Å². The first kappa shape index (κ1) is 23.9. The van der Waals surface area contributed by atoms with Gasteiger partial charge in [-0.2, -0.15) is 13.2 Å². The molecule has 4 rings (SSSR count). The molecule has 1 saturated heterocycles. The molecular weight excluding hydrogens is 461 g/mol. The summed E-state index contributed by atoms with van der Waals surface area (Å²) in [6.07, 6.45) is -3.52. The first-order valence-electron chi connectivity index (χ1n) is 10.5. The van der Waals surface area contributed by atoms with Crippen molar-refractivity contribution in [1.82, 2.24) is 15.6 Å². The number of piperidine rings is 1. The number of aromatic nitrogens is 1. The quantitative estimate of drug-likeness (QED) is 0.512. The van der Waals surface area contributed by atoms with Gasteiger partial charge in [-0.05, 0) is 45.0 Å². The van der Waals surface area contributed by atoms with Gasteiger partial charge in [-0.25, -0.2) is 8.78 Å². The maximum absolute atomic E-state index is 14.2. The third kappa shape index (κ3) is 4.56. The number of alkyl halides is 5. The van der Waals surface area contributed by atoms with Gasteiger partial charge in [0, 0.05) is 22.7 Å². The minimum absolute atomic E-state index is 0.0631. The number of fused-ring (bicyclic) bond motifs is 1. The highest BCUT2D eigenvalue weighted by Gasteiger charge is 2.43. The van der Waals surface area contributed by atoms with Crippen LogP contribution in [0.5, 0.6) is 5.75 Å². The van der Waals surface area contributed by atoms with Crippen LogP contribution >= 0.6 is 0 Å². The maximum Gasteiger partial charge on any atom is 0.433 e. The van der Waals surface area contributed by atoms with Gasteiger partial charge in [0.25, 0.3) is 11.8 Å². The van der Waals surface area contributed by atoms with Crippen molar-refractivity contribution in [2.24, 2.45) is 0 Å². The van der Waals surface area contributed by atoms with E-state index in [4.69, 9.17) is 9.15 Å². The van der Waals surface area contributed by atoms with Gasteiger partial charge in [-0.3, -0.25) is 9.78 Å². The molecule has 3 aromatic rings. The number of ether oxygens (including phenoxy) is 1. The number of benzene rings is 1. The zero-order chi connectivity index (χ0) is 24.7. The van der Waals surface area contributed by atoms with Crippen LogP contribution < -0.4 is 15.4 Å². The van der Waals surface area contributed by atoms with Gasteiger partial charge in [0.15, 0.2) is 5.69 Å². The molecule has 1 unspecified atom stereocenters. The van der Waals surface area contributed by atoms with Crippen molar-refractivity contribution in [1.29, 1.82) is 0 Å². The third-order valence-corrected chi connectivity index (χ3v) is 5.80. The van der Waals surface area contributed by atoms with Crippen LogP contribution in [0.15, 0.2) is 34.9 Å². The van der Waals surface area contributed by atoms with Crippen LogP contribution in [0.25, 0.3) is 11.0 Å². The lowest BCUT2D eigenvalue weighted by molar-refractivity contribution is -0.142.